The van der Waals surface area contributed by atoms with E-state index in [1.54, 1.807) is 6.07 Å². The molecule has 0 unspecified atom stereocenters. The third-order valence-corrected chi connectivity index (χ3v) is 2.90. The van der Waals surface area contributed by atoms with Crippen LogP contribution in [0.25, 0.3) is 0 Å². The topological polar surface area (TPSA) is 39.2 Å². The lowest BCUT2D eigenvalue weighted by atomic mass is 10.1. The zero-order valence-corrected chi connectivity index (χ0v) is 11.1. The fraction of sp³-hybridized carbons (Fsp3) is 0.200. The van der Waals surface area contributed by atoms with Gasteiger partial charge in [0.25, 0.3) is 0 Å². The summed E-state index contributed by atoms with van der Waals surface area (Å²) in [7, 11) is 1.28. The number of benzene rings is 1. The molecule has 0 fully saturated rings. The summed E-state index contributed by atoms with van der Waals surface area (Å²) in [4.78, 5) is 15.5. The molecule has 0 aliphatic carbocycles. The molecule has 2 rings (SSSR count). The lowest BCUT2D eigenvalue weighted by Gasteiger charge is -2.08. The quantitative estimate of drug-likeness (QED) is 0.814. The minimum absolute atomic E-state index is 0.336. The van der Waals surface area contributed by atoms with E-state index in [0.29, 0.717) is 23.2 Å². The van der Waals surface area contributed by atoms with Gasteiger partial charge in [-0.3, -0.25) is 4.98 Å². The summed E-state index contributed by atoms with van der Waals surface area (Å²) in [6.07, 6.45) is -2.55. The molecule has 0 atom stereocenters. The van der Waals surface area contributed by atoms with Crippen molar-refractivity contribution in [3.63, 3.8) is 0 Å². The van der Waals surface area contributed by atoms with Gasteiger partial charge in [0.05, 0.1) is 18.2 Å². The minimum Gasteiger partial charge on any atom is -0.465 e. The van der Waals surface area contributed by atoms with Crippen molar-refractivity contribution in [2.24, 2.45) is 0 Å². The van der Waals surface area contributed by atoms with Gasteiger partial charge in [0.15, 0.2) is 0 Å². The van der Waals surface area contributed by atoms with E-state index >= 15 is 0 Å². The number of methoxy groups -OCH3 is 1. The normalized spacial score (nSPS) is 11.2. The molecule has 2 aromatic rings. The van der Waals surface area contributed by atoms with Crippen molar-refractivity contribution in [2.45, 2.75) is 12.6 Å². The van der Waals surface area contributed by atoms with Crippen LogP contribution in [0.4, 0.5) is 13.2 Å². The molecule has 1 aromatic heterocycles. The fourth-order valence-corrected chi connectivity index (χ4v) is 1.84. The van der Waals surface area contributed by atoms with Crippen LogP contribution in [0.15, 0.2) is 42.6 Å². The molecule has 1 aromatic carbocycles. The number of carbonyl (C=O) groups excluding carboxylic acids is 1. The molecule has 21 heavy (non-hydrogen) atoms. The second kappa shape index (κ2) is 5.95. The Labute approximate surface area is 119 Å². The highest BCUT2D eigenvalue weighted by Gasteiger charge is 2.29. The van der Waals surface area contributed by atoms with Crippen LogP contribution in [-0.2, 0) is 17.3 Å². The van der Waals surface area contributed by atoms with E-state index in [-0.39, 0.29) is 0 Å². The van der Waals surface area contributed by atoms with Gasteiger partial charge < -0.3 is 4.74 Å². The number of esters is 1. The van der Waals surface area contributed by atoms with Crippen molar-refractivity contribution in [1.29, 1.82) is 0 Å². The molecular formula is C15H12F3NO2. The van der Waals surface area contributed by atoms with Crippen molar-refractivity contribution in [2.75, 3.05) is 7.11 Å². The lowest BCUT2D eigenvalue weighted by molar-refractivity contribution is -0.137. The Morgan fingerprint density at radius 2 is 1.86 bits per heavy atom. The number of aromatic nitrogens is 1. The van der Waals surface area contributed by atoms with E-state index < -0.39 is 17.7 Å². The van der Waals surface area contributed by atoms with Crippen LogP contribution in [0, 0.1) is 0 Å². The van der Waals surface area contributed by atoms with Gasteiger partial charge in [-0.05, 0) is 29.8 Å². The lowest BCUT2D eigenvalue weighted by Crippen LogP contribution is -2.05. The average Bonchev–Trinajstić information content (AvgIpc) is 2.46. The number of nitrogens with zero attached hydrogens (tertiary/aromatic N) is 1. The Morgan fingerprint density at radius 1 is 1.19 bits per heavy atom. The fourth-order valence-electron chi connectivity index (χ4n) is 1.84. The summed E-state index contributed by atoms with van der Waals surface area (Å²) in [5.41, 5.74) is 0.923. The van der Waals surface area contributed by atoms with Gasteiger partial charge in [-0.25, -0.2) is 4.79 Å². The van der Waals surface area contributed by atoms with Gasteiger partial charge in [-0.1, -0.05) is 12.1 Å². The van der Waals surface area contributed by atoms with Gasteiger partial charge in [0.1, 0.15) is 0 Å². The maximum atomic E-state index is 12.5. The van der Waals surface area contributed by atoms with Crippen LogP contribution >= 0.6 is 0 Å². The Hall–Kier alpha value is -2.37. The first-order valence-electron chi connectivity index (χ1n) is 6.09. The second-order valence-electron chi connectivity index (χ2n) is 4.40. The predicted molar refractivity (Wildman–Crippen MR) is 69.8 cm³/mol. The summed E-state index contributed by atoms with van der Waals surface area (Å²) in [5.74, 6) is -0.480. The molecule has 0 saturated heterocycles. The number of pyridine rings is 1. The standard InChI is InChI=1S/C15H12F3NO2/c1-21-14(20)11-6-7-19-13(9-11)8-10-2-4-12(5-3-10)15(16,17)18/h2-7,9H,8H2,1H3. The zero-order valence-electron chi connectivity index (χ0n) is 11.1. The van der Waals surface area contributed by atoms with E-state index in [2.05, 4.69) is 9.72 Å². The van der Waals surface area contributed by atoms with Crippen LogP contribution in [0.1, 0.15) is 27.2 Å². The van der Waals surface area contributed by atoms with E-state index in [4.69, 9.17) is 0 Å². The highest BCUT2D eigenvalue weighted by molar-refractivity contribution is 5.89. The molecule has 110 valence electrons. The summed E-state index contributed by atoms with van der Waals surface area (Å²) >= 11 is 0. The van der Waals surface area contributed by atoms with Gasteiger partial charge in [-0.2, -0.15) is 13.2 Å². The molecule has 0 aliphatic rings. The maximum Gasteiger partial charge on any atom is 0.416 e. The molecule has 0 bridgehead atoms. The number of rotatable bonds is 3. The maximum absolute atomic E-state index is 12.5. The van der Waals surface area contributed by atoms with E-state index in [1.807, 2.05) is 0 Å². The summed E-state index contributed by atoms with van der Waals surface area (Å²) in [6, 6.07) is 7.93. The Balaban J connectivity index is 2.17. The molecule has 0 spiro atoms. The molecular weight excluding hydrogens is 283 g/mol. The monoisotopic (exact) mass is 295 g/mol. The summed E-state index contributed by atoms with van der Waals surface area (Å²) < 4.78 is 42.0. The van der Waals surface area contributed by atoms with Crippen LogP contribution in [0.3, 0.4) is 0 Å². The Kier molecular flexibility index (Phi) is 4.26. The number of carbonyl (C=O) groups is 1. The summed E-state index contributed by atoms with van der Waals surface area (Å²) in [5, 5.41) is 0. The largest absolute Gasteiger partial charge is 0.465 e. The molecule has 0 amide bonds. The van der Waals surface area contributed by atoms with Crippen LogP contribution < -0.4 is 0 Å². The first kappa shape index (κ1) is 15.0. The minimum atomic E-state index is -4.35. The third kappa shape index (κ3) is 3.81. The van der Waals surface area contributed by atoms with Gasteiger partial charge >= 0.3 is 12.1 Å². The average molecular weight is 295 g/mol. The first-order valence-corrected chi connectivity index (χ1v) is 6.09. The highest BCUT2D eigenvalue weighted by atomic mass is 19.4. The number of hydrogen-bond donors (Lipinski definition) is 0. The Bertz CT molecular complexity index is 636. The van der Waals surface area contributed by atoms with Crippen LogP contribution in [0.5, 0.6) is 0 Å². The number of hydrogen-bond acceptors (Lipinski definition) is 3. The van der Waals surface area contributed by atoms with Gasteiger partial charge in [-0.15, -0.1) is 0 Å². The van der Waals surface area contributed by atoms with Crippen molar-refractivity contribution in [3.8, 4) is 0 Å². The van der Waals surface area contributed by atoms with Crippen molar-refractivity contribution < 1.29 is 22.7 Å². The third-order valence-electron chi connectivity index (χ3n) is 2.90. The second-order valence-corrected chi connectivity index (χ2v) is 4.40. The number of ether oxygens (including phenoxy) is 1. The molecule has 0 N–H and O–H groups in total. The molecule has 3 nitrogen and oxygen atoms in total. The van der Waals surface area contributed by atoms with Crippen molar-refractivity contribution in [1.82, 2.24) is 4.98 Å². The Morgan fingerprint density at radius 3 is 2.43 bits per heavy atom. The van der Waals surface area contributed by atoms with Crippen LogP contribution in [0.2, 0.25) is 0 Å². The summed E-state index contributed by atoms with van der Waals surface area (Å²) in [6.45, 7) is 0. The number of alkyl halides is 3. The van der Waals surface area contributed by atoms with Gasteiger partial charge in [0.2, 0.25) is 0 Å². The van der Waals surface area contributed by atoms with Crippen molar-refractivity contribution >= 4 is 5.97 Å². The SMILES string of the molecule is COC(=O)c1ccnc(Cc2ccc(C(F)(F)F)cc2)c1. The first-order chi connectivity index (χ1) is 9.90. The number of halogens is 3. The van der Waals surface area contributed by atoms with Gasteiger partial charge in [0, 0.05) is 18.3 Å². The molecule has 6 heteroatoms. The van der Waals surface area contributed by atoms with Crippen LogP contribution in [-0.4, -0.2) is 18.1 Å². The smallest absolute Gasteiger partial charge is 0.416 e. The van der Waals surface area contributed by atoms with E-state index in [1.165, 1.54) is 31.5 Å². The molecule has 0 radical (unpaired) electrons. The van der Waals surface area contributed by atoms with E-state index in [9.17, 15) is 18.0 Å². The molecule has 1 heterocycles. The highest BCUT2D eigenvalue weighted by Crippen LogP contribution is 2.29. The predicted octanol–water partition coefficient (Wildman–Crippen LogP) is 3.48. The van der Waals surface area contributed by atoms with Crippen molar-refractivity contribution in [3.05, 3.63) is 65.0 Å². The zero-order chi connectivity index (χ0) is 15.5. The molecule has 0 saturated carbocycles. The van der Waals surface area contributed by atoms with E-state index in [0.717, 1.165) is 12.1 Å². The molecule has 0 aliphatic heterocycles.